The second-order valence-corrected chi connectivity index (χ2v) is 4.78. The minimum absolute atomic E-state index is 0.115. The lowest BCUT2D eigenvalue weighted by Crippen LogP contribution is -2.26. The summed E-state index contributed by atoms with van der Waals surface area (Å²) in [7, 11) is 0. The van der Waals surface area contributed by atoms with Crippen LogP contribution in [-0.4, -0.2) is 21.0 Å². The number of aromatic nitrogens is 1. The molecule has 0 radical (unpaired) electrons. The third kappa shape index (κ3) is 3.07. The SMILES string of the molecule is O=C1C=CC=c2ccc(=CN(O)Cc3ccccc3)nc21. The lowest BCUT2D eigenvalue weighted by atomic mass is 10.1. The largest absolute Gasteiger partial charge is 0.289 e. The minimum Gasteiger partial charge on any atom is -0.289 e. The van der Waals surface area contributed by atoms with Crippen LogP contribution >= 0.6 is 0 Å². The summed E-state index contributed by atoms with van der Waals surface area (Å²) in [4.78, 5) is 16.0. The van der Waals surface area contributed by atoms with Gasteiger partial charge < -0.3 is 0 Å². The zero-order valence-corrected chi connectivity index (χ0v) is 11.3. The number of hydroxylamine groups is 2. The van der Waals surface area contributed by atoms with E-state index in [1.807, 2.05) is 42.5 Å². The third-order valence-corrected chi connectivity index (χ3v) is 3.17. The van der Waals surface area contributed by atoms with Gasteiger partial charge in [-0.25, -0.2) is 4.98 Å². The number of carbonyl (C=O) groups excluding carboxylic acids is 1. The number of hydrogen-bond donors (Lipinski definition) is 1. The van der Waals surface area contributed by atoms with E-state index < -0.39 is 0 Å². The Morgan fingerprint density at radius 3 is 2.76 bits per heavy atom. The molecule has 1 N–H and O–H groups in total. The van der Waals surface area contributed by atoms with Gasteiger partial charge in [0.1, 0.15) is 5.69 Å². The zero-order valence-electron chi connectivity index (χ0n) is 11.3. The van der Waals surface area contributed by atoms with E-state index in [4.69, 9.17) is 0 Å². The summed E-state index contributed by atoms with van der Waals surface area (Å²) < 4.78 is 0. The predicted octanol–water partition coefficient (Wildman–Crippen LogP) is 1.24. The van der Waals surface area contributed by atoms with Gasteiger partial charge in [0.25, 0.3) is 0 Å². The lowest BCUT2D eigenvalue weighted by molar-refractivity contribution is -0.0288. The van der Waals surface area contributed by atoms with Crippen LogP contribution in [0.2, 0.25) is 0 Å². The van der Waals surface area contributed by atoms with Crippen LogP contribution in [0.5, 0.6) is 0 Å². The molecule has 1 heterocycles. The molecular formula is C17H14N2O2. The highest BCUT2D eigenvalue weighted by Gasteiger charge is 2.08. The molecule has 0 fully saturated rings. The van der Waals surface area contributed by atoms with Gasteiger partial charge in [-0.2, -0.15) is 0 Å². The van der Waals surface area contributed by atoms with E-state index in [9.17, 15) is 10.0 Å². The first-order valence-electron chi connectivity index (χ1n) is 6.63. The normalized spacial score (nSPS) is 13.8. The zero-order chi connectivity index (χ0) is 14.7. The van der Waals surface area contributed by atoms with Crippen molar-refractivity contribution in [1.82, 2.24) is 10.0 Å². The molecule has 1 aromatic carbocycles. The van der Waals surface area contributed by atoms with Gasteiger partial charge in [0, 0.05) is 5.22 Å². The maximum absolute atomic E-state index is 11.8. The second-order valence-electron chi connectivity index (χ2n) is 4.78. The highest BCUT2D eigenvalue weighted by atomic mass is 16.5. The molecule has 1 aliphatic rings. The Labute approximate surface area is 121 Å². The van der Waals surface area contributed by atoms with E-state index >= 15 is 0 Å². The van der Waals surface area contributed by atoms with E-state index in [2.05, 4.69) is 4.98 Å². The molecule has 0 amide bonds. The molecule has 104 valence electrons. The van der Waals surface area contributed by atoms with Crippen LogP contribution in [0.25, 0.3) is 12.3 Å². The van der Waals surface area contributed by atoms with E-state index in [1.165, 1.54) is 12.3 Å². The number of benzene rings is 1. The maximum atomic E-state index is 11.8. The number of ketones is 1. The first-order chi connectivity index (χ1) is 10.2. The molecule has 4 nitrogen and oxygen atoms in total. The average Bonchev–Trinajstić information content (AvgIpc) is 2.49. The van der Waals surface area contributed by atoms with Crippen molar-refractivity contribution in [2.45, 2.75) is 6.54 Å². The lowest BCUT2D eigenvalue weighted by Gasteiger charge is -2.11. The number of nitrogens with zero attached hydrogens (tertiary/aromatic N) is 2. The van der Waals surface area contributed by atoms with E-state index in [0.717, 1.165) is 15.8 Å². The van der Waals surface area contributed by atoms with E-state index in [1.54, 1.807) is 12.1 Å². The number of rotatable bonds is 3. The van der Waals surface area contributed by atoms with Crippen LogP contribution in [0.3, 0.4) is 0 Å². The molecule has 0 saturated carbocycles. The van der Waals surface area contributed by atoms with Crippen molar-refractivity contribution in [2.24, 2.45) is 0 Å². The molecule has 3 rings (SSSR count). The highest BCUT2D eigenvalue weighted by molar-refractivity contribution is 6.05. The molecule has 1 aliphatic carbocycles. The molecule has 0 unspecified atom stereocenters. The smallest absolute Gasteiger partial charge is 0.204 e. The van der Waals surface area contributed by atoms with Crippen molar-refractivity contribution in [3.05, 3.63) is 76.4 Å². The molecular weight excluding hydrogens is 264 g/mol. The monoisotopic (exact) mass is 278 g/mol. The molecule has 0 bridgehead atoms. The first kappa shape index (κ1) is 13.3. The second kappa shape index (κ2) is 5.73. The summed E-state index contributed by atoms with van der Waals surface area (Å²) in [5.74, 6) is -0.115. The number of carbonyl (C=O) groups is 1. The fourth-order valence-corrected chi connectivity index (χ4v) is 2.18. The van der Waals surface area contributed by atoms with Gasteiger partial charge in [0.2, 0.25) is 5.78 Å². The standard InChI is InChI=1S/C17H14N2O2/c20-16-8-4-7-14-9-10-15(18-17(14)16)12-19(21)11-13-5-2-1-3-6-13/h1-10,12,21H,11H2. The number of fused-ring (bicyclic) bond motifs is 1. The molecule has 4 heteroatoms. The van der Waals surface area contributed by atoms with Gasteiger partial charge in [0.15, 0.2) is 0 Å². The Balaban J connectivity index is 1.87. The van der Waals surface area contributed by atoms with Gasteiger partial charge in [-0.15, -0.1) is 0 Å². The summed E-state index contributed by atoms with van der Waals surface area (Å²) in [6.07, 6.45) is 6.55. The minimum atomic E-state index is -0.115. The van der Waals surface area contributed by atoms with Crippen LogP contribution in [0.15, 0.2) is 54.6 Å². The Morgan fingerprint density at radius 2 is 1.95 bits per heavy atom. The fraction of sp³-hybridized carbons (Fsp3) is 0.0588. The fourth-order valence-electron chi connectivity index (χ4n) is 2.18. The first-order valence-corrected chi connectivity index (χ1v) is 6.63. The number of allylic oxidation sites excluding steroid dienone is 2. The quantitative estimate of drug-likeness (QED) is 0.858. The van der Waals surface area contributed by atoms with Crippen LogP contribution < -0.4 is 10.6 Å². The van der Waals surface area contributed by atoms with Crippen molar-refractivity contribution in [3.63, 3.8) is 0 Å². The van der Waals surface area contributed by atoms with Crippen LogP contribution in [-0.2, 0) is 6.54 Å². The van der Waals surface area contributed by atoms with Crippen molar-refractivity contribution >= 4 is 18.1 Å². The van der Waals surface area contributed by atoms with Crippen molar-refractivity contribution < 1.29 is 10.0 Å². The van der Waals surface area contributed by atoms with Gasteiger partial charge in [-0.3, -0.25) is 15.1 Å². The topological polar surface area (TPSA) is 53.4 Å². The van der Waals surface area contributed by atoms with Gasteiger partial charge in [0.05, 0.1) is 18.1 Å². The van der Waals surface area contributed by atoms with Gasteiger partial charge >= 0.3 is 0 Å². The van der Waals surface area contributed by atoms with E-state index in [0.29, 0.717) is 17.6 Å². The Kier molecular flexibility index (Phi) is 3.62. The Morgan fingerprint density at radius 1 is 1.14 bits per heavy atom. The predicted molar refractivity (Wildman–Crippen MR) is 79.7 cm³/mol. The molecule has 0 aliphatic heterocycles. The highest BCUT2D eigenvalue weighted by Crippen LogP contribution is 2.02. The molecule has 2 aromatic rings. The molecule has 0 saturated heterocycles. The summed E-state index contributed by atoms with van der Waals surface area (Å²) in [5, 5.41) is 12.4. The van der Waals surface area contributed by atoms with Crippen LogP contribution in [0, 0.1) is 0 Å². The summed E-state index contributed by atoms with van der Waals surface area (Å²) in [5.41, 5.74) is 1.40. The molecule has 1 aromatic heterocycles. The van der Waals surface area contributed by atoms with Crippen molar-refractivity contribution in [1.29, 1.82) is 0 Å². The maximum Gasteiger partial charge on any atom is 0.204 e. The van der Waals surface area contributed by atoms with Crippen LogP contribution in [0.1, 0.15) is 16.1 Å². The molecule has 0 atom stereocenters. The summed E-state index contributed by atoms with van der Waals surface area (Å²) in [6, 6.07) is 13.2. The van der Waals surface area contributed by atoms with Crippen molar-refractivity contribution in [3.8, 4) is 0 Å². The Hall–Kier alpha value is -2.72. The molecule has 0 spiro atoms. The Bertz CT molecular complexity index is 810. The number of hydrogen-bond acceptors (Lipinski definition) is 4. The third-order valence-electron chi connectivity index (χ3n) is 3.17. The van der Waals surface area contributed by atoms with Crippen molar-refractivity contribution in [2.75, 3.05) is 0 Å². The van der Waals surface area contributed by atoms with E-state index in [-0.39, 0.29) is 5.78 Å². The number of pyridine rings is 1. The average molecular weight is 278 g/mol. The summed E-state index contributed by atoms with van der Waals surface area (Å²) in [6.45, 7) is 0.361. The van der Waals surface area contributed by atoms with Gasteiger partial charge in [-0.1, -0.05) is 48.6 Å². The van der Waals surface area contributed by atoms with Gasteiger partial charge in [-0.05, 0) is 17.7 Å². The van der Waals surface area contributed by atoms with Crippen LogP contribution in [0.4, 0.5) is 0 Å². The summed E-state index contributed by atoms with van der Waals surface area (Å²) >= 11 is 0. The molecule has 21 heavy (non-hydrogen) atoms.